The molecule has 1 aromatic carbocycles. The molecule has 228 valence electrons. The number of carbonyl (C=O) groups is 1. The summed E-state index contributed by atoms with van der Waals surface area (Å²) >= 11 is 13.1. The first-order valence-electron chi connectivity index (χ1n) is 15.9. The molecule has 4 fully saturated rings. The van der Waals surface area contributed by atoms with Gasteiger partial charge in [-0.05, 0) is 87.3 Å². The molecular formula is C35H35Cl2N3O4. The van der Waals surface area contributed by atoms with Gasteiger partial charge in [0, 0.05) is 46.4 Å². The van der Waals surface area contributed by atoms with Gasteiger partial charge < -0.3 is 14.0 Å². The minimum absolute atomic E-state index is 0.186. The van der Waals surface area contributed by atoms with Crippen LogP contribution >= 0.6 is 23.2 Å². The number of halogens is 2. The van der Waals surface area contributed by atoms with Gasteiger partial charge in [-0.1, -0.05) is 46.9 Å². The van der Waals surface area contributed by atoms with Crippen LogP contribution in [0.25, 0.3) is 22.2 Å². The molecule has 3 unspecified atom stereocenters. The van der Waals surface area contributed by atoms with E-state index in [9.17, 15) is 4.79 Å². The maximum Gasteiger partial charge on any atom is 0.338 e. The Kier molecular flexibility index (Phi) is 7.19. The van der Waals surface area contributed by atoms with Crippen molar-refractivity contribution in [2.45, 2.75) is 94.2 Å². The topological polar surface area (TPSA) is 87.3 Å². The largest absolute Gasteiger partial charge is 0.465 e. The van der Waals surface area contributed by atoms with Crippen LogP contribution in [0.15, 0.2) is 41.2 Å². The number of esters is 1. The number of hydrogen-bond acceptors (Lipinski definition) is 7. The first-order valence-corrected chi connectivity index (χ1v) is 16.6. The minimum Gasteiger partial charge on any atom is -0.465 e. The van der Waals surface area contributed by atoms with Crippen LogP contribution in [0.5, 0.6) is 0 Å². The van der Waals surface area contributed by atoms with E-state index in [1.54, 1.807) is 12.4 Å². The lowest BCUT2D eigenvalue weighted by Crippen LogP contribution is -2.44. The van der Waals surface area contributed by atoms with E-state index < -0.39 is 0 Å². The number of nitrogens with zero attached hydrogens (tertiary/aromatic N) is 3. The van der Waals surface area contributed by atoms with E-state index in [0.717, 1.165) is 72.9 Å². The molecule has 4 saturated carbocycles. The van der Waals surface area contributed by atoms with Gasteiger partial charge in [-0.2, -0.15) is 0 Å². The number of ether oxygens (including phenoxy) is 2. The number of fused-ring (bicyclic) bond motifs is 3. The summed E-state index contributed by atoms with van der Waals surface area (Å²) in [6.45, 7) is 0.423. The molecule has 0 radical (unpaired) electrons. The Morgan fingerprint density at radius 1 is 1.00 bits per heavy atom. The predicted octanol–water partition coefficient (Wildman–Crippen LogP) is 9.16. The molecule has 0 N–H and O–H groups in total. The van der Waals surface area contributed by atoms with E-state index in [-0.39, 0.29) is 11.6 Å². The zero-order valence-corrected chi connectivity index (χ0v) is 26.3. The van der Waals surface area contributed by atoms with Gasteiger partial charge in [-0.3, -0.25) is 9.97 Å². The highest BCUT2D eigenvalue weighted by atomic mass is 35.5. The van der Waals surface area contributed by atoms with Crippen LogP contribution in [-0.4, -0.2) is 33.8 Å². The monoisotopic (exact) mass is 631 g/mol. The number of benzene rings is 1. The summed E-state index contributed by atoms with van der Waals surface area (Å²) in [5.74, 6) is 2.36. The van der Waals surface area contributed by atoms with Crippen LogP contribution in [0.4, 0.5) is 0 Å². The molecule has 3 atom stereocenters. The smallest absolute Gasteiger partial charge is 0.338 e. The molecule has 4 aromatic rings. The van der Waals surface area contributed by atoms with Crippen molar-refractivity contribution in [2.24, 2.45) is 5.92 Å². The maximum atomic E-state index is 12.5. The third-order valence-electron chi connectivity index (χ3n) is 10.4. The molecule has 8 rings (SSSR count). The van der Waals surface area contributed by atoms with E-state index in [1.807, 2.05) is 6.07 Å². The fourth-order valence-corrected chi connectivity index (χ4v) is 8.39. The van der Waals surface area contributed by atoms with Gasteiger partial charge in [0.05, 0.1) is 40.4 Å². The second kappa shape index (κ2) is 11.1. The fraction of sp³-hybridized carbons (Fsp3) is 0.486. The van der Waals surface area contributed by atoms with Crippen molar-refractivity contribution < 1.29 is 18.8 Å². The van der Waals surface area contributed by atoms with E-state index >= 15 is 0 Å². The number of methoxy groups -OCH3 is 1. The third kappa shape index (κ3) is 5.01. The van der Waals surface area contributed by atoms with Gasteiger partial charge in [-0.15, -0.1) is 0 Å². The maximum absolute atomic E-state index is 12.5. The van der Waals surface area contributed by atoms with E-state index in [4.69, 9.17) is 42.2 Å². The summed E-state index contributed by atoms with van der Waals surface area (Å²) in [6.07, 6.45) is 14.1. The molecule has 3 heterocycles. The summed E-state index contributed by atoms with van der Waals surface area (Å²) in [4.78, 5) is 22.0. The van der Waals surface area contributed by atoms with Crippen LogP contribution in [-0.2, 0) is 16.1 Å². The molecule has 4 aliphatic carbocycles. The Bertz CT molecular complexity index is 1740. The fourth-order valence-electron chi connectivity index (χ4n) is 7.84. The zero-order chi connectivity index (χ0) is 30.0. The average Bonchev–Trinajstić information content (AvgIpc) is 3.98. The van der Waals surface area contributed by atoms with Crippen molar-refractivity contribution in [1.29, 1.82) is 0 Å². The molecular weight excluding hydrogens is 597 g/mol. The van der Waals surface area contributed by atoms with Crippen molar-refractivity contribution >= 4 is 40.1 Å². The van der Waals surface area contributed by atoms with Gasteiger partial charge in [0.25, 0.3) is 0 Å². The second-order valence-corrected chi connectivity index (χ2v) is 14.0. The predicted molar refractivity (Wildman–Crippen MR) is 168 cm³/mol. The number of aromatic nitrogens is 3. The molecule has 2 bridgehead atoms. The quantitative estimate of drug-likeness (QED) is 0.179. The lowest BCUT2D eigenvalue weighted by Gasteiger charge is -2.48. The summed E-state index contributed by atoms with van der Waals surface area (Å²) in [7, 11) is 1.43. The number of rotatable bonds is 8. The minimum atomic E-state index is -0.312. The van der Waals surface area contributed by atoms with Gasteiger partial charge in [-0.25, -0.2) is 4.79 Å². The van der Waals surface area contributed by atoms with E-state index in [1.165, 1.54) is 31.9 Å². The SMILES string of the molecule is COC(=O)c1ccc(C2CC2)c2nc(C3CCC4(OCc5c(-c6c(Cl)cncc6Cl)noc5C5CC5)CCCC3C4)ccc12. The third-order valence-corrected chi connectivity index (χ3v) is 11.0. The lowest BCUT2D eigenvalue weighted by atomic mass is 9.63. The Balaban J connectivity index is 1.06. The van der Waals surface area contributed by atoms with Crippen LogP contribution in [0, 0.1) is 5.92 Å². The first-order chi connectivity index (χ1) is 21.4. The highest BCUT2D eigenvalue weighted by Crippen LogP contribution is 2.53. The van der Waals surface area contributed by atoms with Crippen LogP contribution < -0.4 is 0 Å². The summed E-state index contributed by atoms with van der Waals surface area (Å²) < 4.78 is 17.9. The van der Waals surface area contributed by atoms with Crippen LogP contribution in [0.2, 0.25) is 10.0 Å². The van der Waals surface area contributed by atoms with Gasteiger partial charge in [0.1, 0.15) is 11.5 Å². The number of pyridine rings is 2. The molecule has 7 nitrogen and oxygen atoms in total. The molecule has 44 heavy (non-hydrogen) atoms. The molecule has 9 heteroatoms. The Labute approximate surface area is 266 Å². The molecule has 3 aromatic heterocycles. The Morgan fingerprint density at radius 2 is 1.80 bits per heavy atom. The Hall–Kier alpha value is -3.00. The van der Waals surface area contributed by atoms with E-state index in [2.05, 4.69) is 28.3 Å². The van der Waals surface area contributed by atoms with Crippen LogP contribution in [0.3, 0.4) is 0 Å². The summed E-state index contributed by atoms with van der Waals surface area (Å²) in [5.41, 5.74) is 6.06. The zero-order valence-electron chi connectivity index (χ0n) is 24.8. The lowest BCUT2D eigenvalue weighted by molar-refractivity contribution is -0.119. The van der Waals surface area contributed by atoms with Crippen molar-refractivity contribution in [3.8, 4) is 11.3 Å². The summed E-state index contributed by atoms with van der Waals surface area (Å²) in [5, 5.41) is 6.25. The molecule has 0 aliphatic heterocycles. The normalized spacial score (nSPS) is 24.9. The standard InChI is InChI=1S/C35H35Cl2N3O4/c1-42-34(41)25-9-8-23(19-4-5-19)31-24(25)10-11-29(39-31)22-12-14-35(13-2-3-21(22)15-35)43-18-26-32(40-44-33(26)20-6-7-20)30-27(36)16-38-17-28(30)37/h8-11,16-17,19-22H,2-7,12-15,18H2,1H3. The van der Waals surface area contributed by atoms with Crippen molar-refractivity contribution in [1.82, 2.24) is 15.1 Å². The van der Waals surface area contributed by atoms with Crippen molar-refractivity contribution in [3.05, 3.63) is 74.8 Å². The second-order valence-electron chi connectivity index (χ2n) is 13.2. The number of hydrogen-bond donors (Lipinski definition) is 0. The van der Waals surface area contributed by atoms with Gasteiger partial charge in [0.2, 0.25) is 0 Å². The summed E-state index contributed by atoms with van der Waals surface area (Å²) in [6, 6.07) is 8.23. The molecule has 0 saturated heterocycles. The van der Waals surface area contributed by atoms with Crippen molar-refractivity contribution in [3.63, 3.8) is 0 Å². The van der Waals surface area contributed by atoms with Gasteiger partial charge >= 0.3 is 5.97 Å². The molecule has 0 amide bonds. The first kappa shape index (κ1) is 28.5. The van der Waals surface area contributed by atoms with Crippen LogP contribution in [0.1, 0.15) is 115 Å². The van der Waals surface area contributed by atoms with Gasteiger partial charge in [0.15, 0.2) is 0 Å². The molecule has 0 spiro atoms. The molecule has 4 aliphatic rings. The highest BCUT2D eigenvalue weighted by molar-refractivity contribution is 6.38. The number of carbonyl (C=O) groups excluding carboxylic acids is 1. The Morgan fingerprint density at radius 3 is 2.55 bits per heavy atom. The highest BCUT2D eigenvalue weighted by Gasteiger charge is 2.46. The average molecular weight is 633 g/mol. The van der Waals surface area contributed by atoms with E-state index in [0.29, 0.717) is 57.1 Å². The van der Waals surface area contributed by atoms with Crippen molar-refractivity contribution in [2.75, 3.05) is 7.11 Å².